The molecular formula is C24H29ClN4O2. The molecule has 1 N–H and O–H groups in total. The zero-order valence-electron chi connectivity index (χ0n) is 18.3. The first kappa shape index (κ1) is 21.5. The molecular weight excluding hydrogens is 412 g/mol. The van der Waals surface area contributed by atoms with Gasteiger partial charge in [0, 0.05) is 18.1 Å². The van der Waals surface area contributed by atoms with E-state index in [2.05, 4.69) is 16.0 Å². The zero-order chi connectivity index (χ0) is 22.0. The van der Waals surface area contributed by atoms with Crippen LogP contribution in [0.1, 0.15) is 39.2 Å². The Morgan fingerprint density at radius 1 is 1.19 bits per heavy atom. The number of nitrogens with one attached hydrogen (secondary N) is 1. The molecule has 1 atom stereocenters. The van der Waals surface area contributed by atoms with Gasteiger partial charge in [0.25, 0.3) is 0 Å². The molecule has 2 aromatic carbocycles. The van der Waals surface area contributed by atoms with Crippen molar-refractivity contribution in [1.29, 1.82) is 0 Å². The van der Waals surface area contributed by atoms with Gasteiger partial charge in [0.1, 0.15) is 5.60 Å². The molecule has 0 bridgehead atoms. The molecule has 3 aromatic rings. The number of ether oxygens (including phenoxy) is 1. The van der Waals surface area contributed by atoms with E-state index in [-0.39, 0.29) is 12.1 Å². The molecule has 6 nitrogen and oxygen atoms in total. The second kappa shape index (κ2) is 8.79. The number of likely N-dealkylation sites (tertiary alicyclic amines) is 1. The highest BCUT2D eigenvalue weighted by atomic mass is 35.5. The third-order valence-corrected chi connectivity index (χ3v) is 5.81. The van der Waals surface area contributed by atoms with E-state index in [0.717, 1.165) is 47.0 Å². The lowest BCUT2D eigenvalue weighted by atomic mass is 10.2. The number of benzene rings is 2. The molecule has 0 aliphatic carbocycles. The van der Waals surface area contributed by atoms with Crippen LogP contribution in [-0.4, -0.2) is 45.3 Å². The van der Waals surface area contributed by atoms with Gasteiger partial charge < -0.3 is 19.5 Å². The molecule has 1 amide bonds. The Hall–Kier alpha value is -2.73. The van der Waals surface area contributed by atoms with Crippen LogP contribution in [0.2, 0.25) is 5.02 Å². The van der Waals surface area contributed by atoms with Crippen LogP contribution in [0.4, 0.5) is 10.7 Å². The number of rotatable bonds is 5. The van der Waals surface area contributed by atoms with Crippen molar-refractivity contribution in [3.05, 3.63) is 59.1 Å². The van der Waals surface area contributed by atoms with Crippen molar-refractivity contribution < 1.29 is 9.53 Å². The Balaban J connectivity index is 1.54. The van der Waals surface area contributed by atoms with Crippen LogP contribution in [0.3, 0.4) is 0 Å². The quantitative estimate of drug-likeness (QED) is 0.565. The van der Waals surface area contributed by atoms with Crippen LogP contribution in [0.5, 0.6) is 0 Å². The Morgan fingerprint density at radius 2 is 1.94 bits per heavy atom. The summed E-state index contributed by atoms with van der Waals surface area (Å²) in [4.78, 5) is 19.2. The molecule has 7 heteroatoms. The summed E-state index contributed by atoms with van der Waals surface area (Å²) in [6.45, 7) is 7.63. The highest BCUT2D eigenvalue weighted by Crippen LogP contribution is 2.26. The SMILES string of the molecule is CC(C)(C)OC(=O)N1CCC[C@H]1CNc1nc2ccccc2n1Cc1ccccc1Cl. The topological polar surface area (TPSA) is 59.4 Å². The van der Waals surface area contributed by atoms with E-state index in [9.17, 15) is 4.79 Å². The molecule has 1 aromatic heterocycles. The Bertz CT molecular complexity index is 1070. The number of nitrogens with zero attached hydrogens (tertiary/aromatic N) is 3. The van der Waals surface area contributed by atoms with Crippen molar-refractivity contribution in [1.82, 2.24) is 14.5 Å². The average Bonchev–Trinajstić information content (AvgIpc) is 3.32. The molecule has 2 heterocycles. The van der Waals surface area contributed by atoms with Crippen molar-refractivity contribution in [3.8, 4) is 0 Å². The number of amides is 1. The van der Waals surface area contributed by atoms with Crippen LogP contribution >= 0.6 is 11.6 Å². The number of halogens is 1. The monoisotopic (exact) mass is 440 g/mol. The average molecular weight is 441 g/mol. The Kier molecular flexibility index (Phi) is 6.10. The largest absolute Gasteiger partial charge is 0.444 e. The minimum atomic E-state index is -0.499. The lowest BCUT2D eigenvalue weighted by molar-refractivity contribution is 0.0235. The van der Waals surface area contributed by atoms with E-state index in [1.54, 1.807) is 0 Å². The molecule has 0 saturated carbocycles. The summed E-state index contributed by atoms with van der Waals surface area (Å²) in [6, 6.07) is 16.0. The molecule has 1 saturated heterocycles. The molecule has 1 fully saturated rings. The predicted molar refractivity (Wildman–Crippen MR) is 125 cm³/mol. The molecule has 0 unspecified atom stereocenters. The fourth-order valence-electron chi connectivity index (χ4n) is 3.99. The summed E-state index contributed by atoms with van der Waals surface area (Å²) in [5, 5.41) is 4.23. The van der Waals surface area contributed by atoms with E-state index < -0.39 is 5.60 Å². The fraction of sp³-hybridized carbons (Fsp3) is 0.417. The highest BCUT2D eigenvalue weighted by molar-refractivity contribution is 6.31. The molecule has 0 radical (unpaired) electrons. The van der Waals surface area contributed by atoms with Crippen LogP contribution in [-0.2, 0) is 11.3 Å². The fourth-order valence-corrected chi connectivity index (χ4v) is 4.18. The third kappa shape index (κ3) is 4.96. The highest BCUT2D eigenvalue weighted by Gasteiger charge is 2.32. The van der Waals surface area contributed by atoms with Crippen molar-refractivity contribution in [3.63, 3.8) is 0 Å². The van der Waals surface area contributed by atoms with Gasteiger partial charge in [-0.1, -0.05) is 41.9 Å². The predicted octanol–water partition coefficient (Wildman–Crippen LogP) is 5.55. The van der Waals surface area contributed by atoms with Gasteiger partial charge in [0.15, 0.2) is 0 Å². The summed E-state index contributed by atoms with van der Waals surface area (Å²) in [5.74, 6) is 0.775. The minimum absolute atomic E-state index is 0.0726. The number of carbonyl (C=O) groups excluding carboxylic acids is 1. The number of anilines is 1. The smallest absolute Gasteiger partial charge is 0.410 e. The number of aromatic nitrogens is 2. The maximum atomic E-state index is 12.6. The summed E-state index contributed by atoms with van der Waals surface area (Å²) in [6.07, 6.45) is 1.67. The van der Waals surface area contributed by atoms with Crippen LogP contribution in [0.25, 0.3) is 11.0 Å². The Labute approximate surface area is 188 Å². The van der Waals surface area contributed by atoms with Gasteiger partial charge in [-0.2, -0.15) is 0 Å². The maximum Gasteiger partial charge on any atom is 0.410 e. The molecule has 4 rings (SSSR count). The number of fused-ring (bicyclic) bond motifs is 1. The second-order valence-electron chi connectivity index (χ2n) is 8.95. The molecule has 164 valence electrons. The summed E-state index contributed by atoms with van der Waals surface area (Å²) >= 11 is 6.42. The molecule has 1 aliphatic heterocycles. The van der Waals surface area contributed by atoms with Crippen molar-refractivity contribution in [2.45, 2.75) is 51.8 Å². The number of carbonyl (C=O) groups is 1. The van der Waals surface area contributed by atoms with Crippen LogP contribution in [0, 0.1) is 0 Å². The van der Waals surface area contributed by atoms with Gasteiger partial charge in [0.2, 0.25) is 5.95 Å². The standard InChI is InChI=1S/C24H29ClN4O2/c1-24(2,3)31-23(30)28-14-8-10-18(28)15-26-22-27-20-12-6-7-13-21(20)29(22)16-17-9-4-5-11-19(17)25/h4-7,9,11-13,18H,8,10,14-16H2,1-3H3,(H,26,27)/t18-/m0/s1. The summed E-state index contributed by atoms with van der Waals surface area (Å²) in [5.41, 5.74) is 2.50. The Morgan fingerprint density at radius 3 is 2.71 bits per heavy atom. The van der Waals surface area contributed by atoms with E-state index in [1.807, 2.05) is 68.1 Å². The van der Waals surface area contributed by atoms with Gasteiger partial charge >= 0.3 is 6.09 Å². The second-order valence-corrected chi connectivity index (χ2v) is 9.36. The van der Waals surface area contributed by atoms with Gasteiger partial charge in [-0.25, -0.2) is 9.78 Å². The third-order valence-electron chi connectivity index (χ3n) is 5.44. The zero-order valence-corrected chi connectivity index (χ0v) is 19.0. The van der Waals surface area contributed by atoms with Crippen molar-refractivity contribution >= 4 is 34.7 Å². The van der Waals surface area contributed by atoms with Crippen LogP contribution in [0.15, 0.2) is 48.5 Å². The van der Waals surface area contributed by atoms with Gasteiger partial charge in [-0.3, -0.25) is 0 Å². The lowest BCUT2D eigenvalue weighted by Gasteiger charge is -2.28. The van der Waals surface area contributed by atoms with Gasteiger partial charge in [-0.15, -0.1) is 0 Å². The lowest BCUT2D eigenvalue weighted by Crippen LogP contribution is -2.42. The first-order chi connectivity index (χ1) is 14.8. The molecule has 0 spiro atoms. The number of hydrogen-bond donors (Lipinski definition) is 1. The normalized spacial score (nSPS) is 16.6. The summed E-state index contributed by atoms with van der Waals surface area (Å²) in [7, 11) is 0. The minimum Gasteiger partial charge on any atom is -0.444 e. The first-order valence-corrected chi connectivity index (χ1v) is 11.1. The van der Waals surface area contributed by atoms with Crippen LogP contribution < -0.4 is 5.32 Å². The molecule has 31 heavy (non-hydrogen) atoms. The van der Waals surface area contributed by atoms with E-state index in [0.29, 0.717) is 13.1 Å². The van der Waals surface area contributed by atoms with Crippen molar-refractivity contribution in [2.75, 3.05) is 18.4 Å². The summed E-state index contributed by atoms with van der Waals surface area (Å²) < 4.78 is 7.73. The van der Waals surface area contributed by atoms with E-state index in [1.165, 1.54) is 0 Å². The number of para-hydroxylation sites is 2. The molecule has 1 aliphatic rings. The van der Waals surface area contributed by atoms with Crippen molar-refractivity contribution in [2.24, 2.45) is 0 Å². The van der Waals surface area contributed by atoms with E-state index >= 15 is 0 Å². The van der Waals surface area contributed by atoms with E-state index in [4.69, 9.17) is 21.3 Å². The van der Waals surface area contributed by atoms with Gasteiger partial charge in [-0.05, 0) is 57.4 Å². The number of imidazole rings is 1. The number of hydrogen-bond acceptors (Lipinski definition) is 4. The van der Waals surface area contributed by atoms with Gasteiger partial charge in [0.05, 0.1) is 23.6 Å². The maximum absolute atomic E-state index is 12.6. The first-order valence-electron chi connectivity index (χ1n) is 10.7.